The maximum Gasteiger partial charge on any atom is 0.206 e. The molecule has 0 atom stereocenters. The van der Waals surface area contributed by atoms with Crippen molar-refractivity contribution < 1.29 is 4.79 Å². The first-order valence-corrected chi connectivity index (χ1v) is 10.0. The SMILES string of the molecule is CC[Si](CC)(CC)N(C=O)c1cccc2ccccc12. The maximum absolute atomic E-state index is 11.8. The van der Waals surface area contributed by atoms with Crippen LogP contribution in [0, 0.1) is 0 Å². The normalized spacial score (nSPS) is 11.6. The first-order chi connectivity index (χ1) is 9.72. The highest BCUT2D eigenvalue weighted by molar-refractivity contribution is 6.85. The van der Waals surface area contributed by atoms with Crippen LogP contribution in [-0.4, -0.2) is 14.6 Å². The van der Waals surface area contributed by atoms with Crippen molar-refractivity contribution in [3.8, 4) is 0 Å². The Morgan fingerprint density at radius 2 is 1.55 bits per heavy atom. The molecule has 0 aliphatic carbocycles. The van der Waals surface area contributed by atoms with Gasteiger partial charge in [0.1, 0.15) is 0 Å². The van der Waals surface area contributed by atoms with Crippen LogP contribution in [0.1, 0.15) is 20.8 Å². The van der Waals surface area contributed by atoms with E-state index in [0.29, 0.717) is 0 Å². The second-order valence-corrected chi connectivity index (χ2v) is 10.3. The van der Waals surface area contributed by atoms with Crippen LogP contribution in [-0.2, 0) is 4.79 Å². The zero-order valence-corrected chi connectivity index (χ0v) is 13.6. The maximum atomic E-state index is 11.8. The highest BCUT2D eigenvalue weighted by Crippen LogP contribution is 2.33. The van der Waals surface area contributed by atoms with Gasteiger partial charge in [-0.1, -0.05) is 57.2 Å². The van der Waals surface area contributed by atoms with Gasteiger partial charge in [-0.25, -0.2) is 0 Å². The second kappa shape index (κ2) is 6.22. The van der Waals surface area contributed by atoms with E-state index in [1.54, 1.807) is 0 Å². The van der Waals surface area contributed by atoms with Gasteiger partial charge >= 0.3 is 0 Å². The lowest BCUT2D eigenvalue weighted by Crippen LogP contribution is -2.52. The van der Waals surface area contributed by atoms with Crippen molar-refractivity contribution in [2.75, 3.05) is 4.57 Å². The Morgan fingerprint density at radius 1 is 0.950 bits per heavy atom. The van der Waals surface area contributed by atoms with Crippen molar-refractivity contribution in [2.45, 2.75) is 38.9 Å². The van der Waals surface area contributed by atoms with Gasteiger partial charge in [-0.15, -0.1) is 0 Å². The molecule has 2 rings (SSSR count). The minimum absolute atomic E-state index is 1.06. The van der Waals surface area contributed by atoms with Gasteiger partial charge in [-0.2, -0.15) is 0 Å². The summed E-state index contributed by atoms with van der Waals surface area (Å²) in [4.78, 5) is 11.8. The largest absolute Gasteiger partial charge is 0.342 e. The third kappa shape index (κ3) is 2.38. The molecular weight excluding hydrogens is 262 g/mol. The van der Waals surface area contributed by atoms with Crippen molar-refractivity contribution in [1.82, 2.24) is 0 Å². The topological polar surface area (TPSA) is 20.3 Å². The van der Waals surface area contributed by atoms with E-state index >= 15 is 0 Å². The predicted octanol–water partition coefficient (Wildman–Crippen LogP) is 4.81. The summed E-state index contributed by atoms with van der Waals surface area (Å²) < 4.78 is 2.08. The molecule has 0 saturated carbocycles. The van der Waals surface area contributed by atoms with E-state index in [-0.39, 0.29) is 0 Å². The smallest absolute Gasteiger partial charge is 0.206 e. The number of hydrogen-bond donors (Lipinski definition) is 0. The molecule has 1 amide bonds. The molecule has 0 spiro atoms. The number of carbonyl (C=O) groups excluding carboxylic acids is 1. The molecule has 2 aromatic rings. The van der Waals surface area contributed by atoms with Crippen molar-refractivity contribution in [1.29, 1.82) is 0 Å². The molecule has 0 aliphatic rings. The number of nitrogens with zero attached hydrogens (tertiary/aromatic N) is 1. The number of anilines is 1. The third-order valence-electron chi connectivity index (χ3n) is 4.62. The van der Waals surface area contributed by atoms with Gasteiger partial charge < -0.3 is 4.57 Å². The van der Waals surface area contributed by atoms with Crippen molar-refractivity contribution in [2.24, 2.45) is 0 Å². The van der Waals surface area contributed by atoms with Gasteiger partial charge in [0.15, 0.2) is 8.24 Å². The summed E-state index contributed by atoms with van der Waals surface area (Å²) in [7, 11) is -1.74. The van der Waals surface area contributed by atoms with E-state index < -0.39 is 8.24 Å². The minimum atomic E-state index is -1.74. The summed E-state index contributed by atoms with van der Waals surface area (Å²) in [6.07, 6.45) is 1.06. The van der Waals surface area contributed by atoms with Crippen LogP contribution in [0.15, 0.2) is 42.5 Å². The molecule has 106 valence electrons. The highest BCUT2D eigenvalue weighted by Gasteiger charge is 2.35. The molecule has 20 heavy (non-hydrogen) atoms. The molecule has 0 unspecified atom stereocenters. The van der Waals surface area contributed by atoms with Gasteiger partial charge in [0.2, 0.25) is 6.41 Å². The summed E-state index contributed by atoms with van der Waals surface area (Å²) in [5.74, 6) is 0. The van der Waals surface area contributed by atoms with E-state index in [1.807, 2.05) is 18.2 Å². The van der Waals surface area contributed by atoms with Crippen LogP contribution < -0.4 is 4.57 Å². The highest BCUT2D eigenvalue weighted by atomic mass is 28.3. The molecular formula is C17H23NOSi. The Bertz CT molecular complexity index is 579. The molecule has 0 saturated heterocycles. The predicted molar refractivity (Wildman–Crippen MR) is 89.7 cm³/mol. The number of benzene rings is 2. The Kier molecular flexibility index (Phi) is 4.60. The average molecular weight is 285 g/mol. The van der Waals surface area contributed by atoms with Gasteiger partial charge in [0, 0.05) is 11.1 Å². The third-order valence-corrected chi connectivity index (χ3v) is 9.93. The summed E-state index contributed by atoms with van der Waals surface area (Å²) >= 11 is 0. The van der Waals surface area contributed by atoms with Crippen LogP contribution in [0.4, 0.5) is 5.69 Å². The molecule has 0 fully saturated rings. The number of hydrogen-bond acceptors (Lipinski definition) is 1. The zero-order valence-electron chi connectivity index (χ0n) is 12.6. The summed E-state index contributed by atoms with van der Waals surface area (Å²) in [6.45, 7) is 6.67. The molecule has 2 aromatic carbocycles. The van der Waals surface area contributed by atoms with Gasteiger partial charge in [-0.3, -0.25) is 4.79 Å². The number of fused-ring (bicyclic) bond motifs is 1. The monoisotopic (exact) mass is 285 g/mol. The molecule has 3 heteroatoms. The molecule has 0 radical (unpaired) electrons. The molecule has 0 heterocycles. The lowest BCUT2D eigenvalue weighted by atomic mass is 10.1. The molecule has 2 nitrogen and oxygen atoms in total. The fraction of sp³-hybridized carbons (Fsp3) is 0.353. The Balaban J connectivity index is 2.63. The lowest BCUT2D eigenvalue weighted by Gasteiger charge is -2.38. The quantitative estimate of drug-likeness (QED) is 0.551. The van der Waals surface area contributed by atoms with Crippen LogP contribution in [0.5, 0.6) is 0 Å². The summed E-state index contributed by atoms with van der Waals surface area (Å²) in [5, 5.41) is 2.37. The molecule has 0 bridgehead atoms. The van der Waals surface area contributed by atoms with E-state index in [1.165, 1.54) is 10.8 Å². The average Bonchev–Trinajstić information content (AvgIpc) is 2.52. The van der Waals surface area contributed by atoms with Crippen LogP contribution in [0.3, 0.4) is 0 Å². The van der Waals surface area contributed by atoms with E-state index in [0.717, 1.165) is 30.2 Å². The van der Waals surface area contributed by atoms with E-state index in [2.05, 4.69) is 49.6 Å². The van der Waals surface area contributed by atoms with Crippen LogP contribution in [0.25, 0.3) is 10.8 Å². The van der Waals surface area contributed by atoms with E-state index in [4.69, 9.17) is 0 Å². The first kappa shape index (κ1) is 14.8. The fourth-order valence-electron chi connectivity index (χ4n) is 3.10. The lowest BCUT2D eigenvalue weighted by molar-refractivity contribution is -0.106. The first-order valence-electron chi connectivity index (χ1n) is 7.44. The summed E-state index contributed by atoms with van der Waals surface area (Å²) in [6, 6.07) is 17.8. The molecule has 0 aliphatic heterocycles. The number of carbonyl (C=O) groups is 1. The van der Waals surface area contributed by atoms with Crippen molar-refractivity contribution in [3.63, 3.8) is 0 Å². The standard InChI is InChI=1S/C17H23NOSi/c1-4-20(5-2,6-3)18(14-19)17-13-9-11-15-10-7-8-12-16(15)17/h7-14H,4-6H2,1-3H3. The number of amides is 1. The van der Waals surface area contributed by atoms with Gasteiger partial charge in [0.25, 0.3) is 0 Å². The zero-order chi connectivity index (χ0) is 14.6. The molecule has 0 aromatic heterocycles. The Labute approximate surface area is 122 Å². The molecule has 0 N–H and O–H groups in total. The van der Waals surface area contributed by atoms with Crippen LogP contribution >= 0.6 is 0 Å². The minimum Gasteiger partial charge on any atom is -0.342 e. The summed E-state index contributed by atoms with van der Waals surface area (Å²) in [5.41, 5.74) is 1.08. The van der Waals surface area contributed by atoms with Crippen molar-refractivity contribution >= 4 is 31.1 Å². The van der Waals surface area contributed by atoms with Crippen LogP contribution in [0.2, 0.25) is 18.1 Å². The van der Waals surface area contributed by atoms with Crippen molar-refractivity contribution in [3.05, 3.63) is 42.5 Å². The fourth-order valence-corrected chi connectivity index (χ4v) is 6.56. The Morgan fingerprint density at radius 3 is 2.15 bits per heavy atom. The Hall–Kier alpha value is -1.61. The van der Waals surface area contributed by atoms with Gasteiger partial charge in [-0.05, 0) is 29.6 Å². The van der Waals surface area contributed by atoms with Gasteiger partial charge in [0.05, 0.1) is 0 Å². The van der Waals surface area contributed by atoms with E-state index in [9.17, 15) is 4.79 Å². The second-order valence-electron chi connectivity index (χ2n) is 5.26. The number of rotatable bonds is 6.